The summed E-state index contributed by atoms with van der Waals surface area (Å²) in [6.45, 7) is 0. The van der Waals surface area contributed by atoms with E-state index in [0.29, 0.717) is 28.7 Å². The molecule has 1 unspecified atom stereocenters. The maximum absolute atomic E-state index is 8.73. The van der Waals surface area contributed by atoms with Crippen molar-refractivity contribution >= 4 is 83.5 Å². The second-order valence-electron chi connectivity index (χ2n) is 29.9. The molecule has 14 heteroatoms. The van der Waals surface area contributed by atoms with Crippen LogP contribution in [0.1, 0.15) is 67.3 Å². The number of hydrogen-bond acceptors (Lipinski definition) is 8. The van der Waals surface area contributed by atoms with E-state index in [4.69, 9.17) is 38.1 Å². The van der Waals surface area contributed by atoms with Gasteiger partial charge in [-0.15, -0.1) is 17.4 Å². The third-order valence-corrected chi connectivity index (χ3v) is 28.3. The zero-order valence-electron chi connectivity index (χ0n) is 64.5. The van der Waals surface area contributed by atoms with Gasteiger partial charge in [-0.05, 0) is 190 Å². The standard InChI is InChI=1S/C106H70N8O4P2/c1-11-31-71(32-12-1)99-83-55-60-88(107-83)104(76-41-21-6-22-42-76)97-69-70-98-106(90-62-61-89(110-90)105(77-43-23-7-24-44-77)92-64-63-91(99)111(92)119(114(97)98,115-79-45-25-8-26-46-79)116-80-47-27-9-28-48-80)78-51-53-82(54-52-78)118-120(117-81-49-29-10-30-50-81)112-93-65-66-94(112)102(74-37-17-4-18-38-74)86-58-59-87(109-86)103(75-39-19-5-20-40-75)96-68-67-95(113(96)120)101(73-35-15-3-16-36-73)85-57-56-84(108-85)100(93)72-33-13-2-14-34-72/h1-70H/q+2. The van der Waals surface area contributed by atoms with Crippen molar-refractivity contribution in [1.29, 1.82) is 0 Å². The van der Waals surface area contributed by atoms with Crippen LogP contribution in [0.15, 0.2) is 467 Å². The molecule has 23 rings (SSSR count). The maximum atomic E-state index is 8.73. The summed E-state index contributed by atoms with van der Waals surface area (Å²) in [7, 11) is -8.51. The van der Waals surface area contributed by atoms with E-state index in [0.717, 1.165) is 173 Å². The first kappa shape index (κ1) is 70.1. The third kappa shape index (κ3) is 11.6. The summed E-state index contributed by atoms with van der Waals surface area (Å²) in [4.78, 5) is 23.3. The summed E-state index contributed by atoms with van der Waals surface area (Å²) < 4.78 is 43.4. The Hall–Kier alpha value is -15.3. The van der Waals surface area contributed by atoms with Crippen LogP contribution in [0.4, 0.5) is 0 Å². The Morgan fingerprint density at radius 2 is 0.358 bits per heavy atom. The summed E-state index contributed by atoms with van der Waals surface area (Å²) in [5, 5.41) is 3.25. The van der Waals surface area contributed by atoms with Crippen LogP contribution in [0.25, 0.3) is 44.6 Å². The minimum absolute atomic E-state index is 0.509. The van der Waals surface area contributed by atoms with E-state index in [1.807, 2.05) is 91.0 Å². The zero-order valence-corrected chi connectivity index (χ0v) is 66.3. The van der Waals surface area contributed by atoms with Crippen molar-refractivity contribution in [3.8, 4) is 23.0 Å². The van der Waals surface area contributed by atoms with Gasteiger partial charge in [0.2, 0.25) is 0 Å². The number of fused-ring (bicyclic) bond motifs is 4. The molecule has 12 heterocycles. The van der Waals surface area contributed by atoms with E-state index in [9.17, 15) is 0 Å². The molecule has 0 fully saturated rings. The summed E-state index contributed by atoms with van der Waals surface area (Å²) in [6.07, 6.45) is 17.3. The van der Waals surface area contributed by atoms with Crippen molar-refractivity contribution in [3.63, 3.8) is 0 Å². The first-order valence-corrected chi connectivity index (χ1v) is 43.2. The van der Waals surface area contributed by atoms with Crippen LogP contribution in [0.5, 0.6) is 23.0 Å². The number of para-hydroxylation sites is 3. The van der Waals surface area contributed by atoms with E-state index < -0.39 is 16.0 Å². The molecule has 8 aliphatic heterocycles. The molecule has 0 N–H and O–H groups in total. The molecule has 566 valence electrons. The van der Waals surface area contributed by atoms with Gasteiger partial charge in [0, 0.05) is 44.6 Å². The Morgan fingerprint density at radius 3 is 0.583 bits per heavy atom. The van der Waals surface area contributed by atoms with E-state index in [2.05, 4.69) is 351 Å². The number of rotatable bonds is 16. The molecule has 15 aromatic rings. The van der Waals surface area contributed by atoms with E-state index >= 15 is 0 Å². The van der Waals surface area contributed by atoms with Crippen LogP contribution in [0.2, 0.25) is 0 Å². The predicted molar refractivity (Wildman–Crippen MR) is 485 cm³/mol. The van der Waals surface area contributed by atoms with Crippen LogP contribution in [-0.4, -0.2) is 40.2 Å². The van der Waals surface area contributed by atoms with Gasteiger partial charge in [-0.2, -0.15) is 0 Å². The predicted octanol–water partition coefficient (Wildman–Crippen LogP) is 21.3. The monoisotopic (exact) mass is 1580 g/mol. The lowest BCUT2D eigenvalue weighted by Gasteiger charge is -2.31. The molecule has 0 aliphatic carbocycles. The minimum atomic E-state index is -4.31. The Labute approximate surface area is 693 Å². The van der Waals surface area contributed by atoms with E-state index in [-0.39, 0.29) is 0 Å². The van der Waals surface area contributed by atoms with E-state index in [1.54, 1.807) is 0 Å². The molecule has 0 saturated heterocycles. The summed E-state index contributed by atoms with van der Waals surface area (Å²) in [5.74, 6) is 2.28. The number of aliphatic imine (C=N–C) groups is 4. The lowest BCUT2D eigenvalue weighted by atomic mass is 10.0. The SMILES string of the molecule is C1=CC2=C(c3ccccc3)c3ccc4n3[P+](Oc3ccccc3)(Oc3ccc(C5=C6C=CC(=N6)C(c6ccccc6)=c6ccc7n6[P+](Oc6ccccc6)(Oc6ccccc6)n6c(ccc65)C(c5ccccc5)=C5C=CC(=N5)C=7c5ccccc5)cc3)n3c(ccc3=C(c3ccccc3)C3=NC(=C4c4ccccc4)C=C3)=C(c3ccccc3)C1=N2. The van der Waals surface area contributed by atoms with Crippen LogP contribution in [0, 0.1) is 0 Å². The highest BCUT2D eigenvalue weighted by Crippen LogP contribution is 2.67. The molecule has 0 radical (unpaired) electrons. The van der Waals surface area contributed by atoms with Crippen molar-refractivity contribution in [1.82, 2.24) is 17.4 Å². The van der Waals surface area contributed by atoms with Crippen molar-refractivity contribution in [2.45, 2.75) is 0 Å². The zero-order chi connectivity index (χ0) is 79.2. The lowest BCUT2D eigenvalue weighted by molar-refractivity contribution is 0.429. The number of benzene rings is 11. The summed E-state index contributed by atoms with van der Waals surface area (Å²) in [6, 6.07) is 131. The fourth-order valence-electron chi connectivity index (χ4n) is 17.7. The third-order valence-electron chi connectivity index (χ3n) is 22.8. The molecule has 0 saturated carbocycles. The normalized spacial score (nSPS) is 16.8. The fourth-order valence-corrected chi connectivity index (χ4v) is 23.9. The van der Waals surface area contributed by atoms with Gasteiger partial charge in [0.05, 0.1) is 89.8 Å². The van der Waals surface area contributed by atoms with Crippen LogP contribution in [0.3, 0.4) is 0 Å². The number of aromatic nitrogens is 4. The minimum Gasteiger partial charge on any atom is -0.264 e. The van der Waals surface area contributed by atoms with Crippen LogP contribution in [-0.2, 0) is 0 Å². The second-order valence-corrected chi connectivity index (χ2v) is 34.2. The van der Waals surface area contributed by atoms with Gasteiger partial charge in [0.1, 0.15) is 0 Å². The summed E-state index contributed by atoms with van der Waals surface area (Å²) >= 11 is 0. The van der Waals surface area contributed by atoms with Gasteiger partial charge in [-0.25, -0.2) is 20.0 Å². The molecular weight excluding hydrogens is 1510 g/mol. The molecule has 8 aliphatic rings. The van der Waals surface area contributed by atoms with Gasteiger partial charge in [-0.3, -0.25) is 18.1 Å². The molecule has 0 spiro atoms. The topological polar surface area (TPSA) is 106 Å². The largest absolute Gasteiger partial charge is 0.586 e. The van der Waals surface area contributed by atoms with Crippen molar-refractivity contribution in [2.24, 2.45) is 20.0 Å². The van der Waals surface area contributed by atoms with Gasteiger partial charge < -0.3 is 0 Å². The highest BCUT2D eigenvalue weighted by atomic mass is 31.2. The second kappa shape index (κ2) is 28.8. The van der Waals surface area contributed by atoms with Gasteiger partial charge >= 0.3 is 16.0 Å². The molecule has 4 aromatic heterocycles. The number of allylic oxidation sites excluding steroid dienone is 8. The summed E-state index contributed by atoms with van der Waals surface area (Å²) in [5.41, 5.74) is 23.7. The maximum Gasteiger partial charge on any atom is 0.586 e. The number of hydrogen-bond donors (Lipinski definition) is 0. The Bertz CT molecular complexity index is 7200. The van der Waals surface area contributed by atoms with Crippen molar-refractivity contribution in [3.05, 3.63) is 536 Å². The van der Waals surface area contributed by atoms with Gasteiger partial charge in [0.25, 0.3) is 0 Å². The van der Waals surface area contributed by atoms with Crippen LogP contribution >= 0.6 is 16.0 Å². The van der Waals surface area contributed by atoms with Crippen molar-refractivity contribution < 1.29 is 18.1 Å². The average Bonchev–Trinajstić information content (AvgIpc) is 1.52. The molecule has 11 aromatic carbocycles. The first-order valence-electron chi connectivity index (χ1n) is 40.1. The van der Waals surface area contributed by atoms with Crippen molar-refractivity contribution in [2.75, 3.05) is 0 Å². The molecule has 12 bridgehead atoms. The Kier molecular flexibility index (Phi) is 16.9. The molecule has 12 nitrogen and oxygen atoms in total. The number of nitrogens with zero attached hydrogens (tertiary/aromatic N) is 8. The quantitative estimate of drug-likeness (QED) is 0.0898. The molecule has 120 heavy (non-hydrogen) atoms. The first-order chi connectivity index (χ1) is 59.5. The highest BCUT2D eigenvalue weighted by molar-refractivity contribution is 7.64. The lowest BCUT2D eigenvalue weighted by Crippen LogP contribution is -2.40. The molecular formula is C106H70N8O4P2+2. The Morgan fingerprint density at radius 1 is 0.167 bits per heavy atom. The van der Waals surface area contributed by atoms with Gasteiger partial charge in [-0.1, -0.05) is 279 Å². The average molecular weight is 1580 g/mol. The fraction of sp³-hybridized carbons (Fsp3) is 0. The van der Waals surface area contributed by atoms with E-state index in [1.165, 1.54) is 0 Å². The Balaban J connectivity index is 0.852. The highest BCUT2D eigenvalue weighted by Gasteiger charge is 2.60. The van der Waals surface area contributed by atoms with Gasteiger partial charge in [0.15, 0.2) is 23.0 Å². The smallest absolute Gasteiger partial charge is 0.264 e. The van der Waals surface area contributed by atoms with Crippen LogP contribution < -0.4 is 39.5 Å². The molecule has 0 amide bonds. The molecule has 1 atom stereocenters.